The van der Waals surface area contributed by atoms with Gasteiger partial charge in [0.25, 0.3) is 11.5 Å². The number of pyridine rings is 1. The maximum atomic E-state index is 13.8. The topological polar surface area (TPSA) is 86.8 Å². The molecule has 0 radical (unpaired) electrons. The summed E-state index contributed by atoms with van der Waals surface area (Å²) in [5.41, 5.74) is 7.51. The molecule has 0 atom stereocenters. The van der Waals surface area contributed by atoms with Crippen LogP contribution in [0.25, 0.3) is 11.1 Å². The summed E-state index contributed by atoms with van der Waals surface area (Å²) in [6, 6.07) is 16.3. The van der Waals surface area contributed by atoms with Gasteiger partial charge in [-0.1, -0.05) is 35.5 Å². The Kier molecular flexibility index (Phi) is 8.40. The van der Waals surface area contributed by atoms with Gasteiger partial charge < -0.3 is 23.5 Å². The molecule has 1 aliphatic heterocycles. The second kappa shape index (κ2) is 12.1. The van der Waals surface area contributed by atoms with Crippen LogP contribution < -0.4 is 10.3 Å². The number of aryl methyl sites for hydroxylation is 4. The van der Waals surface area contributed by atoms with Crippen LogP contribution in [0.2, 0.25) is 0 Å². The Morgan fingerprint density at radius 3 is 2.54 bits per heavy atom. The van der Waals surface area contributed by atoms with E-state index in [0.29, 0.717) is 51.4 Å². The Hall–Kier alpha value is -4.17. The monoisotopic (exact) mass is 555 g/mol. The van der Waals surface area contributed by atoms with E-state index in [2.05, 4.69) is 23.4 Å². The number of hydrogen-bond donors (Lipinski definition) is 0. The van der Waals surface area contributed by atoms with E-state index in [1.807, 2.05) is 65.0 Å². The molecular formula is C33H37N3O5. The largest absolute Gasteiger partial charge is 0.491 e. The van der Waals surface area contributed by atoms with Crippen molar-refractivity contribution in [3.8, 4) is 16.9 Å². The van der Waals surface area contributed by atoms with Crippen molar-refractivity contribution in [2.75, 3.05) is 26.4 Å². The van der Waals surface area contributed by atoms with Crippen molar-refractivity contribution in [2.45, 2.75) is 54.1 Å². The summed E-state index contributed by atoms with van der Waals surface area (Å²) >= 11 is 0. The predicted molar refractivity (Wildman–Crippen MR) is 158 cm³/mol. The molecule has 2 aromatic heterocycles. The summed E-state index contributed by atoms with van der Waals surface area (Å²) in [6.45, 7) is 11.8. The average molecular weight is 556 g/mol. The summed E-state index contributed by atoms with van der Waals surface area (Å²) in [6.07, 6.45) is 0.646. The fourth-order valence-corrected chi connectivity index (χ4v) is 5.67. The second-order valence-electron chi connectivity index (χ2n) is 10.6. The molecule has 8 nitrogen and oxygen atoms in total. The molecule has 1 amide bonds. The standard InChI is InChI=1S/C33H37N3O5/c1-6-36-22(3)16-21(2)30(33(36)38)32(37)35-12-13-39-14-15-40-29-11-10-27(31-23(4)34-41-24(31)5)19-28(29)18-25-8-7-9-26(17-25)20-35/h7-11,16-17,19H,6,12-15,18,20H2,1-5H3. The molecule has 0 spiro atoms. The molecule has 214 valence electrons. The van der Waals surface area contributed by atoms with Crippen LogP contribution in [0.1, 0.15) is 56.7 Å². The number of benzene rings is 2. The van der Waals surface area contributed by atoms with Crippen molar-refractivity contribution in [2.24, 2.45) is 0 Å². The zero-order chi connectivity index (χ0) is 29.1. The molecule has 4 aromatic rings. The molecule has 8 heteroatoms. The van der Waals surface area contributed by atoms with Crippen molar-refractivity contribution >= 4 is 5.91 Å². The zero-order valence-corrected chi connectivity index (χ0v) is 24.5. The van der Waals surface area contributed by atoms with Crippen LogP contribution in [0, 0.1) is 27.7 Å². The van der Waals surface area contributed by atoms with Crippen molar-refractivity contribution in [1.29, 1.82) is 0 Å². The highest BCUT2D eigenvalue weighted by Gasteiger charge is 2.24. The number of aromatic nitrogens is 2. The third-order valence-electron chi connectivity index (χ3n) is 7.65. The van der Waals surface area contributed by atoms with Gasteiger partial charge in [0.05, 0.1) is 18.9 Å². The van der Waals surface area contributed by atoms with Gasteiger partial charge in [-0.15, -0.1) is 0 Å². The van der Waals surface area contributed by atoms with E-state index >= 15 is 0 Å². The van der Waals surface area contributed by atoms with Crippen molar-refractivity contribution < 1.29 is 18.8 Å². The summed E-state index contributed by atoms with van der Waals surface area (Å²) in [4.78, 5) is 28.9. The van der Waals surface area contributed by atoms with Gasteiger partial charge in [-0.25, -0.2) is 0 Å². The van der Waals surface area contributed by atoms with Gasteiger partial charge in [0.1, 0.15) is 23.7 Å². The lowest BCUT2D eigenvalue weighted by Gasteiger charge is -2.25. The van der Waals surface area contributed by atoms with Gasteiger partial charge in [0.15, 0.2) is 0 Å². The molecule has 3 heterocycles. The SMILES string of the molecule is CCn1c(C)cc(C)c(C(=O)N2CCOCCOc3ccc(-c4c(C)noc4C)cc3Cc3cccc(c3)C2)c1=O. The molecular weight excluding hydrogens is 518 g/mol. The highest BCUT2D eigenvalue weighted by molar-refractivity contribution is 5.95. The normalized spacial score (nSPS) is 14.2. The maximum Gasteiger partial charge on any atom is 0.263 e. The second-order valence-corrected chi connectivity index (χ2v) is 10.6. The molecule has 2 aromatic carbocycles. The van der Waals surface area contributed by atoms with Crippen molar-refractivity contribution in [1.82, 2.24) is 14.6 Å². The first kappa shape index (κ1) is 28.4. The van der Waals surface area contributed by atoms with Crippen molar-refractivity contribution in [3.05, 3.63) is 104 Å². The summed E-state index contributed by atoms with van der Waals surface area (Å²) in [5.74, 6) is 1.31. The Bertz CT molecular complexity index is 1620. The molecule has 0 saturated heterocycles. The first-order valence-corrected chi connectivity index (χ1v) is 14.1. The van der Waals surface area contributed by atoms with E-state index in [1.165, 1.54) is 0 Å². The predicted octanol–water partition coefficient (Wildman–Crippen LogP) is 5.40. The van der Waals surface area contributed by atoms with Gasteiger partial charge in [0.2, 0.25) is 0 Å². The lowest BCUT2D eigenvalue weighted by Crippen LogP contribution is -2.39. The third kappa shape index (κ3) is 5.98. The van der Waals surface area contributed by atoms with E-state index in [1.54, 1.807) is 9.47 Å². The number of fused-ring (bicyclic) bond motifs is 3. The minimum atomic E-state index is -0.276. The van der Waals surface area contributed by atoms with Crippen LogP contribution in [-0.2, 0) is 24.2 Å². The lowest BCUT2D eigenvalue weighted by atomic mass is 9.96. The van der Waals surface area contributed by atoms with Crippen LogP contribution in [0.5, 0.6) is 5.75 Å². The summed E-state index contributed by atoms with van der Waals surface area (Å²) in [7, 11) is 0. The van der Waals surface area contributed by atoms with Crippen LogP contribution in [0.4, 0.5) is 0 Å². The van der Waals surface area contributed by atoms with E-state index in [9.17, 15) is 9.59 Å². The number of nitrogens with zero attached hydrogens (tertiary/aromatic N) is 3. The molecule has 1 aliphatic rings. The average Bonchev–Trinajstić information content (AvgIpc) is 3.27. The molecule has 5 rings (SSSR count). The van der Waals surface area contributed by atoms with Gasteiger partial charge in [-0.3, -0.25) is 9.59 Å². The number of hydrogen-bond acceptors (Lipinski definition) is 6. The molecule has 0 N–H and O–H groups in total. The first-order chi connectivity index (χ1) is 19.8. The number of ether oxygens (including phenoxy) is 2. The number of amides is 1. The molecule has 41 heavy (non-hydrogen) atoms. The fourth-order valence-electron chi connectivity index (χ4n) is 5.67. The van der Waals surface area contributed by atoms with Gasteiger partial charge in [-0.2, -0.15) is 0 Å². The number of rotatable bonds is 3. The van der Waals surface area contributed by atoms with Gasteiger partial charge >= 0.3 is 0 Å². The Morgan fingerprint density at radius 1 is 0.976 bits per heavy atom. The highest BCUT2D eigenvalue weighted by atomic mass is 16.5. The first-order valence-electron chi connectivity index (χ1n) is 14.1. The van der Waals surface area contributed by atoms with E-state index < -0.39 is 0 Å². The molecule has 0 aliphatic carbocycles. The number of carbonyl (C=O) groups is 1. The lowest BCUT2D eigenvalue weighted by molar-refractivity contribution is 0.0569. The van der Waals surface area contributed by atoms with E-state index in [0.717, 1.165) is 50.7 Å². The van der Waals surface area contributed by atoms with Gasteiger partial charge in [0, 0.05) is 37.3 Å². The minimum absolute atomic E-state index is 0.221. The third-order valence-corrected chi connectivity index (χ3v) is 7.65. The van der Waals surface area contributed by atoms with E-state index in [4.69, 9.17) is 14.0 Å². The smallest absolute Gasteiger partial charge is 0.263 e. The fraction of sp³-hybridized carbons (Fsp3) is 0.364. The highest BCUT2D eigenvalue weighted by Crippen LogP contribution is 2.32. The van der Waals surface area contributed by atoms with Crippen LogP contribution in [-0.4, -0.2) is 46.9 Å². The molecule has 0 fully saturated rings. The molecule has 0 saturated carbocycles. The minimum Gasteiger partial charge on any atom is -0.491 e. The van der Waals surface area contributed by atoms with Gasteiger partial charge in [-0.05, 0) is 80.6 Å². The summed E-state index contributed by atoms with van der Waals surface area (Å²) < 4.78 is 19.1. The molecule has 2 bridgehead atoms. The molecule has 0 unspecified atom stereocenters. The van der Waals surface area contributed by atoms with Crippen LogP contribution in [0.3, 0.4) is 0 Å². The van der Waals surface area contributed by atoms with Crippen molar-refractivity contribution in [3.63, 3.8) is 0 Å². The van der Waals surface area contributed by atoms with E-state index in [-0.39, 0.29) is 17.0 Å². The Labute approximate surface area is 240 Å². The number of carbonyl (C=O) groups excluding carboxylic acids is 1. The van der Waals surface area contributed by atoms with Crippen LogP contribution >= 0.6 is 0 Å². The quantitative estimate of drug-likeness (QED) is 0.337. The summed E-state index contributed by atoms with van der Waals surface area (Å²) in [5, 5.41) is 4.12. The Balaban J connectivity index is 1.49. The zero-order valence-electron chi connectivity index (χ0n) is 24.5. The van der Waals surface area contributed by atoms with Crippen LogP contribution in [0.15, 0.2) is 57.8 Å². The maximum absolute atomic E-state index is 13.8. The Morgan fingerprint density at radius 2 is 1.78 bits per heavy atom.